The number of hydrogen-bond donors (Lipinski definition) is 3. The van der Waals surface area contributed by atoms with Gasteiger partial charge < -0.3 is 15.7 Å². The summed E-state index contributed by atoms with van der Waals surface area (Å²) in [5.74, 6) is -3.11. The van der Waals surface area contributed by atoms with Crippen molar-refractivity contribution in [2.45, 2.75) is 5.54 Å². The van der Waals surface area contributed by atoms with Gasteiger partial charge >= 0.3 is 5.91 Å². The van der Waals surface area contributed by atoms with Crippen LogP contribution < -0.4 is 15.5 Å². The monoisotopic (exact) mass is 493 g/mol. The Morgan fingerprint density at radius 3 is 2.44 bits per heavy atom. The van der Waals surface area contributed by atoms with E-state index in [0.717, 1.165) is 4.90 Å². The van der Waals surface area contributed by atoms with Crippen molar-refractivity contribution in [3.63, 3.8) is 0 Å². The molecule has 1 atom stereocenters. The van der Waals surface area contributed by atoms with E-state index in [2.05, 4.69) is 10.6 Å². The Morgan fingerprint density at radius 1 is 0.971 bits per heavy atom. The normalized spacial score (nSPS) is 20.6. The predicted octanol–water partition coefficient (Wildman–Crippen LogP) is 4.77. The number of nitrogens with one attached hydrogen (secondary N) is 2. The molecule has 7 nitrogen and oxygen atoms in total. The van der Waals surface area contributed by atoms with Crippen LogP contribution in [0.3, 0.4) is 0 Å². The second-order valence-corrected chi connectivity index (χ2v) is 8.73. The highest BCUT2D eigenvalue weighted by molar-refractivity contribution is 6.55. The molecule has 0 bridgehead atoms. The van der Waals surface area contributed by atoms with Crippen molar-refractivity contribution in [2.75, 3.05) is 22.6 Å². The standard InChI is InChI=1S/C25H17Cl2N3O4/c1-28-16-6-2-4-13(10-16)21(31)20-22(32)23(33)30(17-7-3-5-14(26)11-17)25(20)18-9-8-15(27)12-19(18)29-24(25)34/h2-12,28,31H,1H3,(H,29,34). The third-order valence-electron chi connectivity index (χ3n) is 6.00. The fourth-order valence-corrected chi connectivity index (χ4v) is 4.91. The van der Waals surface area contributed by atoms with E-state index in [1.165, 1.54) is 12.1 Å². The van der Waals surface area contributed by atoms with Gasteiger partial charge in [-0.3, -0.25) is 19.3 Å². The van der Waals surface area contributed by atoms with E-state index in [1.807, 2.05) is 0 Å². The Bertz CT molecular complexity index is 1440. The smallest absolute Gasteiger partial charge is 0.300 e. The molecule has 0 aliphatic carbocycles. The minimum Gasteiger partial charge on any atom is -0.507 e. The first-order valence-corrected chi connectivity index (χ1v) is 11.0. The lowest BCUT2D eigenvalue weighted by molar-refractivity contribution is -0.132. The number of aliphatic hydroxyl groups excluding tert-OH is 1. The number of carbonyl (C=O) groups is 3. The maximum atomic E-state index is 13.7. The predicted molar refractivity (Wildman–Crippen MR) is 131 cm³/mol. The Labute approximate surface area is 204 Å². The minimum atomic E-state index is -1.96. The summed E-state index contributed by atoms with van der Waals surface area (Å²) in [5, 5.41) is 17.7. The van der Waals surface area contributed by atoms with Gasteiger partial charge in [-0.2, -0.15) is 0 Å². The van der Waals surface area contributed by atoms with Crippen molar-refractivity contribution in [1.82, 2.24) is 0 Å². The molecular weight excluding hydrogens is 477 g/mol. The maximum Gasteiger partial charge on any atom is 0.300 e. The molecule has 3 N–H and O–H groups in total. The molecule has 9 heteroatoms. The Morgan fingerprint density at radius 2 is 1.71 bits per heavy atom. The molecule has 1 saturated heterocycles. The molecule has 1 fully saturated rings. The van der Waals surface area contributed by atoms with Crippen LogP contribution in [-0.4, -0.2) is 29.8 Å². The summed E-state index contributed by atoms with van der Waals surface area (Å²) in [6.45, 7) is 0. The molecule has 1 unspecified atom stereocenters. The number of amides is 2. The topological polar surface area (TPSA) is 98.7 Å². The number of Topliss-reactive ketones (excluding diaryl/α,β-unsaturated/α-hetero) is 1. The minimum absolute atomic E-state index is 0.232. The number of nitrogens with zero attached hydrogens (tertiary/aromatic N) is 1. The van der Waals surface area contributed by atoms with Crippen molar-refractivity contribution in [1.29, 1.82) is 0 Å². The van der Waals surface area contributed by atoms with Crippen LogP contribution in [0.1, 0.15) is 11.1 Å². The van der Waals surface area contributed by atoms with Crippen LogP contribution in [0, 0.1) is 0 Å². The van der Waals surface area contributed by atoms with Gasteiger partial charge in [0.05, 0.1) is 5.57 Å². The maximum absolute atomic E-state index is 13.7. The lowest BCUT2D eigenvalue weighted by Gasteiger charge is -2.33. The van der Waals surface area contributed by atoms with Gasteiger partial charge in [0, 0.05) is 45.3 Å². The van der Waals surface area contributed by atoms with Gasteiger partial charge in [0.15, 0.2) is 5.54 Å². The summed E-state index contributed by atoms with van der Waals surface area (Å²) in [6.07, 6.45) is 0. The van der Waals surface area contributed by atoms with E-state index >= 15 is 0 Å². The number of rotatable bonds is 3. The molecule has 2 aliphatic heterocycles. The molecule has 34 heavy (non-hydrogen) atoms. The molecule has 2 heterocycles. The van der Waals surface area contributed by atoms with Crippen molar-refractivity contribution >= 4 is 63.6 Å². The second kappa shape index (κ2) is 7.90. The van der Waals surface area contributed by atoms with Crippen molar-refractivity contribution < 1.29 is 19.5 Å². The van der Waals surface area contributed by atoms with Gasteiger partial charge in [-0.15, -0.1) is 0 Å². The van der Waals surface area contributed by atoms with Gasteiger partial charge in [0.2, 0.25) is 0 Å². The number of anilines is 3. The largest absolute Gasteiger partial charge is 0.507 e. The molecule has 1 spiro atoms. The summed E-state index contributed by atoms with van der Waals surface area (Å²) in [6, 6.07) is 17.6. The molecular formula is C25H17Cl2N3O4. The van der Waals surface area contributed by atoms with E-state index < -0.39 is 28.9 Å². The average molecular weight is 494 g/mol. The molecule has 0 radical (unpaired) electrons. The van der Waals surface area contributed by atoms with Crippen molar-refractivity contribution in [3.8, 4) is 0 Å². The first kappa shape index (κ1) is 22.0. The Kier molecular flexibility index (Phi) is 5.11. The van der Waals surface area contributed by atoms with E-state index in [1.54, 1.807) is 61.6 Å². The van der Waals surface area contributed by atoms with Gasteiger partial charge in [-0.1, -0.05) is 47.5 Å². The zero-order chi connectivity index (χ0) is 24.2. The van der Waals surface area contributed by atoms with Crippen LogP contribution in [0.2, 0.25) is 10.0 Å². The molecule has 0 aromatic heterocycles. The van der Waals surface area contributed by atoms with Crippen LogP contribution in [0.15, 0.2) is 72.3 Å². The van der Waals surface area contributed by atoms with E-state index in [0.29, 0.717) is 27.0 Å². The average Bonchev–Trinajstić information content (AvgIpc) is 3.23. The van der Waals surface area contributed by atoms with E-state index in [4.69, 9.17) is 23.2 Å². The number of ketones is 1. The first-order valence-electron chi connectivity index (χ1n) is 10.3. The van der Waals surface area contributed by atoms with Crippen LogP contribution >= 0.6 is 23.2 Å². The lowest BCUT2D eigenvalue weighted by atomic mass is 9.81. The molecule has 2 amide bonds. The summed E-state index contributed by atoms with van der Waals surface area (Å²) in [4.78, 5) is 41.7. The zero-order valence-electron chi connectivity index (χ0n) is 17.7. The summed E-state index contributed by atoms with van der Waals surface area (Å²) >= 11 is 12.3. The molecule has 5 rings (SSSR count). The van der Waals surface area contributed by atoms with Crippen molar-refractivity contribution in [2.24, 2.45) is 0 Å². The van der Waals surface area contributed by atoms with E-state index in [9.17, 15) is 19.5 Å². The van der Waals surface area contributed by atoms with Gasteiger partial charge in [-0.25, -0.2) is 0 Å². The fourth-order valence-electron chi connectivity index (χ4n) is 4.55. The van der Waals surface area contributed by atoms with Crippen LogP contribution in [-0.2, 0) is 19.9 Å². The van der Waals surface area contributed by atoms with Gasteiger partial charge in [0.25, 0.3) is 11.7 Å². The number of aliphatic hydroxyl groups is 1. The fraction of sp³-hybridized carbons (Fsp3) is 0.0800. The number of benzene rings is 3. The summed E-state index contributed by atoms with van der Waals surface area (Å²) in [7, 11) is 1.71. The SMILES string of the molecule is CNc1cccc(C(O)=C2C(=O)C(=O)N(c3cccc(Cl)c3)C23C(=O)Nc2cc(Cl)ccc23)c1. The quantitative estimate of drug-likeness (QED) is 0.277. The Hall–Kier alpha value is -3.81. The summed E-state index contributed by atoms with van der Waals surface area (Å²) < 4.78 is 0. The van der Waals surface area contributed by atoms with Crippen LogP contribution in [0.25, 0.3) is 5.76 Å². The molecule has 3 aromatic rings. The number of hydrogen-bond acceptors (Lipinski definition) is 5. The molecule has 170 valence electrons. The number of fused-ring (bicyclic) bond motifs is 2. The van der Waals surface area contributed by atoms with E-state index in [-0.39, 0.29) is 16.8 Å². The highest BCUT2D eigenvalue weighted by atomic mass is 35.5. The highest BCUT2D eigenvalue weighted by Crippen LogP contribution is 2.53. The second-order valence-electron chi connectivity index (χ2n) is 7.86. The molecule has 2 aliphatic rings. The van der Waals surface area contributed by atoms with Gasteiger partial charge in [-0.05, 0) is 42.5 Å². The first-order chi connectivity index (χ1) is 16.3. The Balaban J connectivity index is 1.88. The number of halogens is 2. The highest BCUT2D eigenvalue weighted by Gasteiger charge is 2.66. The molecule has 0 saturated carbocycles. The van der Waals surface area contributed by atoms with Gasteiger partial charge in [0.1, 0.15) is 5.76 Å². The van der Waals surface area contributed by atoms with Crippen molar-refractivity contribution in [3.05, 3.63) is 93.5 Å². The molecule has 3 aromatic carbocycles. The lowest BCUT2D eigenvalue weighted by Crippen LogP contribution is -2.49. The third-order valence-corrected chi connectivity index (χ3v) is 6.47. The summed E-state index contributed by atoms with van der Waals surface area (Å²) in [5.41, 5.74) is -0.484. The van der Waals surface area contributed by atoms with Crippen LogP contribution in [0.5, 0.6) is 0 Å². The number of carbonyl (C=O) groups excluding carboxylic acids is 3. The third kappa shape index (κ3) is 3.01. The van der Waals surface area contributed by atoms with Crippen LogP contribution in [0.4, 0.5) is 17.1 Å². The zero-order valence-corrected chi connectivity index (χ0v) is 19.2.